The number of carbonyl (C=O) groups excluding carboxylic acids is 1. The first-order valence-corrected chi connectivity index (χ1v) is 12.6. The molecule has 0 spiro atoms. The zero-order chi connectivity index (χ0) is 23.9. The van der Waals surface area contributed by atoms with Crippen LogP contribution in [0.4, 0.5) is 0 Å². The lowest BCUT2D eigenvalue weighted by atomic mass is 9.88. The smallest absolute Gasteiger partial charge is 0.187 e. The van der Waals surface area contributed by atoms with E-state index >= 15 is 0 Å². The largest absolute Gasteiger partial charge is 0.497 e. The molecule has 2 aromatic rings. The Labute approximate surface area is 204 Å². The van der Waals surface area contributed by atoms with Crippen LogP contribution in [0.25, 0.3) is 0 Å². The van der Waals surface area contributed by atoms with Crippen molar-refractivity contribution in [1.82, 2.24) is 9.80 Å². The highest BCUT2D eigenvalue weighted by Gasteiger charge is 2.28. The zero-order valence-corrected chi connectivity index (χ0v) is 20.5. The number of allylic oxidation sites excluding steroid dienone is 1. The van der Waals surface area contributed by atoms with Gasteiger partial charge in [-0.1, -0.05) is 35.9 Å². The molecule has 2 aromatic carbocycles. The molecule has 2 heterocycles. The minimum atomic E-state index is -0.280. The van der Waals surface area contributed by atoms with Crippen LogP contribution in [0.1, 0.15) is 53.1 Å². The quantitative estimate of drug-likeness (QED) is 0.457. The van der Waals surface area contributed by atoms with Gasteiger partial charge in [-0.15, -0.1) is 0 Å². The van der Waals surface area contributed by atoms with Crippen molar-refractivity contribution in [2.75, 3.05) is 39.8 Å². The maximum absolute atomic E-state index is 12.4. The molecule has 2 aliphatic heterocycles. The maximum Gasteiger partial charge on any atom is 0.187 e. The summed E-state index contributed by atoms with van der Waals surface area (Å²) in [6, 6.07) is 16.2. The number of rotatable bonds is 8. The van der Waals surface area contributed by atoms with Crippen molar-refractivity contribution in [3.8, 4) is 5.75 Å². The van der Waals surface area contributed by atoms with Crippen molar-refractivity contribution < 1.29 is 14.6 Å². The maximum atomic E-state index is 12.4. The highest BCUT2D eigenvalue weighted by Crippen LogP contribution is 2.30. The number of methoxy groups -OCH3 is 1. The molecule has 0 bridgehead atoms. The number of aryl methyl sites for hydroxylation is 1. The third-order valence-corrected chi connectivity index (χ3v) is 7.48. The molecule has 34 heavy (non-hydrogen) atoms. The van der Waals surface area contributed by atoms with Gasteiger partial charge in [-0.05, 0) is 81.3 Å². The number of likely N-dealkylation sites (tertiary alicyclic amines) is 2. The summed E-state index contributed by atoms with van der Waals surface area (Å²) in [6.45, 7) is 6.62. The average molecular weight is 463 g/mol. The summed E-state index contributed by atoms with van der Waals surface area (Å²) in [6.07, 6.45) is 7.53. The van der Waals surface area contributed by atoms with Crippen LogP contribution in [0.15, 0.2) is 60.8 Å². The fourth-order valence-corrected chi connectivity index (χ4v) is 5.26. The number of benzene rings is 2. The van der Waals surface area contributed by atoms with Crippen LogP contribution in [0.5, 0.6) is 5.75 Å². The Bertz CT molecular complexity index is 956. The van der Waals surface area contributed by atoms with Gasteiger partial charge in [0.15, 0.2) is 5.78 Å². The Kier molecular flexibility index (Phi) is 8.41. The van der Waals surface area contributed by atoms with Crippen LogP contribution in [-0.2, 0) is 0 Å². The molecular formula is C29H38N2O3. The van der Waals surface area contributed by atoms with E-state index in [0.717, 1.165) is 75.3 Å². The number of piperidine rings is 2. The number of ether oxygens (including phenoxy) is 1. The van der Waals surface area contributed by atoms with Crippen molar-refractivity contribution in [2.45, 2.75) is 44.6 Å². The molecule has 0 radical (unpaired) electrons. The minimum absolute atomic E-state index is 0.0453. The van der Waals surface area contributed by atoms with Gasteiger partial charge in [0.2, 0.25) is 0 Å². The van der Waals surface area contributed by atoms with Gasteiger partial charge < -0.3 is 19.6 Å². The first kappa shape index (κ1) is 24.5. The molecule has 5 heteroatoms. The van der Waals surface area contributed by atoms with Crippen molar-refractivity contribution in [2.24, 2.45) is 5.92 Å². The Morgan fingerprint density at radius 2 is 1.76 bits per heavy atom. The molecule has 2 fully saturated rings. The van der Waals surface area contributed by atoms with Crippen molar-refractivity contribution in [3.63, 3.8) is 0 Å². The Balaban J connectivity index is 1.18. The van der Waals surface area contributed by atoms with Gasteiger partial charge in [0.25, 0.3) is 0 Å². The van der Waals surface area contributed by atoms with E-state index in [1.54, 1.807) is 13.2 Å². The van der Waals surface area contributed by atoms with Gasteiger partial charge in [-0.25, -0.2) is 0 Å². The van der Waals surface area contributed by atoms with E-state index in [9.17, 15) is 9.90 Å². The molecule has 1 atom stereocenters. The number of aliphatic hydroxyl groups is 1. The molecule has 0 saturated carbocycles. The number of nitrogens with zero attached hydrogens (tertiary/aromatic N) is 2. The number of carbonyl (C=O) groups is 1. The molecule has 2 saturated heterocycles. The number of hydrogen-bond donors (Lipinski definition) is 1. The predicted octanol–water partition coefficient (Wildman–Crippen LogP) is 4.65. The Morgan fingerprint density at radius 1 is 1.06 bits per heavy atom. The molecule has 2 aliphatic rings. The van der Waals surface area contributed by atoms with E-state index in [2.05, 4.69) is 21.9 Å². The summed E-state index contributed by atoms with van der Waals surface area (Å²) in [5, 5.41) is 10.9. The summed E-state index contributed by atoms with van der Waals surface area (Å²) >= 11 is 0. The number of hydrogen-bond acceptors (Lipinski definition) is 5. The summed E-state index contributed by atoms with van der Waals surface area (Å²) in [4.78, 5) is 17.0. The van der Waals surface area contributed by atoms with Gasteiger partial charge >= 0.3 is 0 Å². The van der Waals surface area contributed by atoms with Crippen LogP contribution in [-0.4, -0.2) is 66.6 Å². The molecule has 0 aliphatic carbocycles. The summed E-state index contributed by atoms with van der Waals surface area (Å²) in [5.74, 6) is 1.88. The topological polar surface area (TPSA) is 53.0 Å². The number of ketones is 1. The summed E-state index contributed by atoms with van der Waals surface area (Å²) < 4.78 is 5.27. The lowest BCUT2D eigenvalue weighted by molar-refractivity contribution is 0.0319. The Hall–Kier alpha value is -2.63. The van der Waals surface area contributed by atoms with E-state index in [1.807, 2.05) is 49.5 Å². The van der Waals surface area contributed by atoms with Crippen molar-refractivity contribution in [3.05, 3.63) is 77.5 Å². The van der Waals surface area contributed by atoms with Gasteiger partial charge in [0.05, 0.1) is 13.2 Å². The van der Waals surface area contributed by atoms with Gasteiger partial charge in [0, 0.05) is 37.5 Å². The third kappa shape index (κ3) is 6.49. The van der Waals surface area contributed by atoms with Crippen molar-refractivity contribution in [1.29, 1.82) is 0 Å². The Morgan fingerprint density at radius 3 is 2.41 bits per heavy atom. The van der Waals surface area contributed by atoms with E-state index in [1.165, 1.54) is 5.56 Å². The standard InChI is InChI=1S/C29H38N2O3/c1-22-4-3-5-26(20-22)28(32)14-19-30-15-12-25(13-16-30)29(33)21-31-17-10-24(11-18-31)23-6-8-27(34-2)9-7-23/h3-9,14,19-20,24-25,29,33H,10-13,15-18,21H2,1-2H3. The fraction of sp³-hybridized carbons (Fsp3) is 0.483. The SMILES string of the molecule is COc1ccc(C2CCN(CC(O)C3CCN(C=CC(=O)c4cccc(C)c4)CC3)CC2)cc1. The highest BCUT2D eigenvalue weighted by molar-refractivity contribution is 6.04. The summed E-state index contributed by atoms with van der Waals surface area (Å²) in [5.41, 5.74) is 3.22. The van der Waals surface area contributed by atoms with Crippen LogP contribution in [0.2, 0.25) is 0 Å². The second-order valence-electron chi connectivity index (χ2n) is 9.84. The highest BCUT2D eigenvalue weighted by atomic mass is 16.5. The van der Waals surface area contributed by atoms with Crippen LogP contribution in [0, 0.1) is 12.8 Å². The molecule has 5 nitrogen and oxygen atoms in total. The molecule has 0 amide bonds. The van der Waals surface area contributed by atoms with E-state index in [0.29, 0.717) is 11.8 Å². The molecule has 4 rings (SSSR count). The van der Waals surface area contributed by atoms with Gasteiger partial charge in [0.1, 0.15) is 5.75 Å². The lowest BCUT2D eigenvalue weighted by Gasteiger charge is -2.37. The van der Waals surface area contributed by atoms with Crippen LogP contribution >= 0.6 is 0 Å². The number of β-amino-alcohol motifs (C(OH)–C–C–N with tert-alkyl or cyclic N) is 1. The minimum Gasteiger partial charge on any atom is -0.497 e. The average Bonchev–Trinajstić information content (AvgIpc) is 2.88. The van der Waals surface area contributed by atoms with E-state index in [4.69, 9.17) is 4.74 Å². The second-order valence-corrected chi connectivity index (χ2v) is 9.84. The number of aliphatic hydroxyl groups excluding tert-OH is 1. The van der Waals surface area contributed by atoms with Gasteiger partial charge in [-0.3, -0.25) is 4.79 Å². The fourth-order valence-electron chi connectivity index (χ4n) is 5.26. The molecular weight excluding hydrogens is 424 g/mol. The van der Waals surface area contributed by atoms with E-state index in [-0.39, 0.29) is 11.9 Å². The van der Waals surface area contributed by atoms with Gasteiger partial charge in [-0.2, -0.15) is 0 Å². The van der Waals surface area contributed by atoms with Crippen LogP contribution in [0.3, 0.4) is 0 Å². The second kappa shape index (κ2) is 11.7. The first-order chi connectivity index (χ1) is 16.5. The molecule has 0 aromatic heterocycles. The lowest BCUT2D eigenvalue weighted by Crippen LogP contribution is -2.43. The third-order valence-electron chi connectivity index (χ3n) is 7.48. The van der Waals surface area contributed by atoms with Crippen LogP contribution < -0.4 is 4.74 Å². The predicted molar refractivity (Wildman–Crippen MR) is 136 cm³/mol. The zero-order valence-electron chi connectivity index (χ0n) is 20.5. The normalized spacial score (nSPS) is 19.4. The first-order valence-electron chi connectivity index (χ1n) is 12.6. The van der Waals surface area contributed by atoms with E-state index < -0.39 is 0 Å². The monoisotopic (exact) mass is 462 g/mol. The molecule has 1 N–H and O–H groups in total. The molecule has 182 valence electrons. The summed E-state index contributed by atoms with van der Waals surface area (Å²) in [7, 11) is 1.70. The molecule has 1 unspecified atom stereocenters. The van der Waals surface area contributed by atoms with Crippen molar-refractivity contribution >= 4 is 5.78 Å².